The number of hydrogen-bond donors (Lipinski definition) is 1. The highest BCUT2D eigenvalue weighted by atomic mass is 35.5. The predicted molar refractivity (Wildman–Crippen MR) is 149 cm³/mol. The molecule has 0 aliphatic carbocycles. The van der Waals surface area contributed by atoms with Gasteiger partial charge in [-0.25, -0.2) is 19.2 Å². The molecule has 2 fully saturated rings. The van der Waals surface area contributed by atoms with E-state index in [0.29, 0.717) is 61.0 Å². The number of likely N-dealkylation sites (tertiary alicyclic amines) is 1. The second-order valence-corrected chi connectivity index (χ2v) is 11.3. The third kappa shape index (κ3) is 5.86. The summed E-state index contributed by atoms with van der Waals surface area (Å²) in [5.74, 6) is -4.96. The van der Waals surface area contributed by atoms with Crippen molar-refractivity contribution in [3.8, 4) is 0 Å². The number of aromatic carboxylic acids is 1. The Balaban J connectivity index is 1.14. The van der Waals surface area contributed by atoms with Gasteiger partial charge in [-0.15, -0.1) is 0 Å². The highest BCUT2D eigenvalue weighted by Crippen LogP contribution is 2.41. The molecule has 2 aliphatic heterocycles. The Hall–Kier alpha value is -3.54. The largest absolute Gasteiger partial charge is 0.477 e. The van der Waals surface area contributed by atoms with Crippen LogP contribution in [0.25, 0.3) is 11.2 Å². The Morgan fingerprint density at radius 2 is 1.86 bits per heavy atom. The van der Waals surface area contributed by atoms with Crippen molar-refractivity contribution in [2.24, 2.45) is 5.92 Å². The number of benzene rings is 1. The molecule has 1 atom stereocenters. The van der Waals surface area contributed by atoms with Gasteiger partial charge in [0.25, 0.3) is 5.92 Å². The molecule has 0 saturated carbocycles. The summed E-state index contributed by atoms with van der Waals surface area (Å²) < 4.78 is 53.1. The summed E-state index contributed by atoms with van der Waals surface area (Å²) in [6.45, 7) is 2.47. The number of carboxylic acids is 1. The van der Waals surface area contributed by atoms with E-state index in [1.54, 1.807) is 18.2 Å². The Bertz CT molecular complexity index is 1620. The number of pyridine rings is 2. The first-order valence-electron chi connectivity index (χ1n) is 13.9. The second-order valence-electron chi connectivity index (χ2n) is 10.9. The van der Waals surface area contributed by atoms with Crippen LogP contribution in [0.1, 0.15) is 52.5 Å². The Morgan fingerprint density at radius 3 is 2.55 bits per heavy atom. The van der Waals surface area contributed by atoms with Crippen LogP contribution in [0.2, 0.25) is 5.02 Å². The Morgan fingerprint density at radius 1 is 1.07 bits per heavy atom. The fraction of sp³-hybridized carbons (Fsp3) is 0.400. The van der Waals surface area contributed by atoms with Gasteiger partial charge < -0.3 is 14.4 Å². The number of imidazole rings is 1. The number of hydrogen-bond acceptors (Lipinski definition) is 6. The first-order valence-corrected chi connectivity index (χ1v) is 14.3. The molecule has 6 rings (SSSR count). The van der Waals surface area contributed by atoms with Crippen molar-refractivity contribution in [2.45, 2.75) is 50.8 Å². The molecular weight excluding hydrogens is 571 g/mol. The van der Waals surface area contributed by atoms with Gasteiger partial charge in [-0.1, -0.05) is 23.7 Å². The predicted octanol–water partition coefficient (Wildman–Crippen LogP) is 5.70. The van der Waals surface area contributed by atoms with Crippen molar-refractivity contribution >= 4 is 28.7 Å². The van der Waals surface area contributed by atoms with E-state index in [-0.39, 0.29) is 41.8 Å². The second kappa shape index (κ2) is 11.6. The number of piperidine rings is 1. The molecule has 2 saturated heterocycles. The average molecular weight is 600 g/mol. The van der Waals surface area contributed by atoms with Crippen LogP contribution in [0.3, 0.4) is 0 Å². The quantitative estimate of drug-likeness (QED) is 0.264. The zero-order valence-corrected chi connectivity index (χ0v) is 23.4. The summed E-state index contributed by atoms with van der Waals surface area (Å²) in [6, 6.07) is 11.8. The maximum atomic E-state index is 15.7. The van der Waals surface area contributed by atoms with Crippen LogP contribution in [0, 0.1) is 11.7 Å². The number of carbonyl (C=O) groups is 1. The lowest BCUT2D eigenvalue weighted by Gasteiger charge is -2.35. The average Bonchev–Trinajstić information content (AvgIpc) is 3.28. The molecule has 220 valence electrons. The van der Waals surface area contributed by atoms with Crippen molar-refractivity contribution in [1.29, 1.82) is 0 Å². The van der Waals surface area contributed by atoms with Gasteiger partial charge in [0.1, 0.15) is 22.9 Å². The Kier molecular flexibility index (Phi) is 7.91. The van der Waals surface area contributed by atoms with E-state index in [2.05, 4.69) is 14.9 Å². The SMILES string of the molecule is O=C(O)c1ccc2nc(CN3CCC(C(F)(F)c4cccc(Cc5ccc(Cl)cc5F)n4)CC3)n(C[C@@H]3CCO3)c2n1. The zero-order valence-electron chi connectivity index (χ0n) is 22.6. The zero-order chi connectivity index (χ0) is 29.4. The molecule has 8 nitrogen and oxygen atoms in total. The van der Waals surface area contributed by atoms with Crippen LogP contribution in [-0.4, -0.2) is 61.3 Å². The fourth-order valence-corrected chi connectivity index (χ4v) is 5.76. The van der Waals surface area contributed by atoms with E-state index in [9.17, 15) is 14.3 Å². The van der Waals surface area contributed by atoms with Crippen LogP contribution in [0.4, 0.5) is 13.2 Å². The van der Waals surface area contributed by atoms with E-state index in [4.69, 9.17) is 21.3 Å². The first-order chi connectivity index (χ1) is 20.2. The van der Waals surface area contributed by atoms with Crippen LogP contribution in [0.5, 0.6) is 0 Å². The van der Waals surface area contributed by atoms with Crippen molar-refractivity contribution in [3.05, 3.63) is 87.8 Å². The molecule has 0 amide bonds. The van der Waals surface area contributed by atoms with Gasteiger partial charge in [-0.05, 0) is 74.3 Å². The minimum absolute atomic E-state index is 0.000287. The molecule has 4 aromatic rings. The summed E-state index contributed by atoms with van der Waals surface area (Å²) in [4.78, 5) is 26.8. The Labute approximate surface area is 245 Å². The van der Waals surface area contributed by atoms with Gasteiger partial charge in [0.05, 0.1) is 19.2 Å². The normalized spacial score (nSPS) is 18.3. The van der Waals surface area contributed by atoms with E-state index < -0.39 is 23.6 Å². The molecule has 42 heavy (non-hydrogen) atoms. The number of carboxylic acid groups (broad SMARTS) is 1. The van der Waals surface area contributed by atoms with E-state index in [0.717, 1.165) is 6.42 Å². The molecule has 3 aromatic heterocycles. The maximum Gasteiger partial charge on any atom is 0.354 e. The van der Waals surface area contributed by atoms with Crippen LogP contribution >= 0.6 is 11.6 Å². The monoisotopic (exact) mass is 599 g/mol. The van der Waals surface area contributed by atoms with Gasteiger partial charge in [0.15, 0.2) is 11.3 Å². The summed E-state index contributed by atoms with van der Waals surface area (Å²) in [7, 11) is 0. The molecule has 0 spiro atoms. The van der Waals surface area contributed by atoms with E-state index in [1.165, 1.54) is 30.3 Å². The summed E-state index contributed by atoms with van der Waals surface area (Å²) in [6.07, 6.45) is 1.50. The molecular formula is C30H29ClF3N5O3. The third-order valence-electron chi connectivity index (χ3n) is 8.07. The van der Waals surface area contributed by atoms with Gasteiger partial charge in [0.2, 0.25) is 0 Å². The standard InChI is InChI=1S/C30H29ClF3N5O3/c31-20-5-4-18(23(32)15-20)14-21-2-1-3-26(35-21)30(33,34)19-8-11-38(12-9-19)17-27-36-24-6-7-25(29(40)41)37-28(24)39(27)16-22-10-13-42-22/h1-7,15,19,22H,8-14,16-17H2,(H,40,41)/t22-/m0/s1. The number of ether oxygens (including phenoxy) is 1. The number of aromatic nitrogens is 4. The van der Waals surface area contributed by atoms with Gasteiger partial charge in [-0.3, -0.25) is 9.88 Å². The number of rotatable bonds is 9. The highest BCUT2D eigenvalue weighted by Gasteiger charge is 2.44. The van der Waals surface area contributed by atoms with Crippen molar-refractivity contribution in [1.82, 2.24) is 24.4 Å². The number of alkyl halides is 2. The molecule has 2 aliphatic rings. The van der Waals surface area contributed by atoms with Crippen LogP contribution < -0.4 is 0 Å². The summed E-state index contributed by atoms with van der Waals surface area (Å²) in [5.41, 5.74) is 1.38. The highest BCUT2D eigenvalue weighted by molar-refractivity contribution is 6.30. The van der Waals surface area contributed by atoms with Crippen LogP contribution in [0.15, 0.2) is 48.5 Å². The van der Waals surface area contributed by atoms with Gasteiger partial charge in [0, 0.05) is 29.7 Å². The lowest BCUT2D eigenvalue weighted by Crippen LogP contribution is -2.40. The topological polar surface area (TPSA) is 93.4 Å². The number of nitrogens with zero attached hydrogens (tertiary/aromatic N) is 5. The molecule has 1 aromatic carbocycles. The van der Waals surface area contributed by atoms with Crippen molar-refractivity contribution in [3.63, 3.8) is 0 Å². The minimum atomic E-state index is -3.15. The molecule has 1 N–H and O–H groups in total. The first kappa shape index (κ1) is 28.6. The van der Waals surface area contributed by atoms with Crippen molar-refractivity contribution < 1.29 is 27.8 Å². The number of halogens is 4. The van der Waals surface area contributed by atoms with E-state index in [1.807, 2.05) is 4.57 Å². The number of fused-ring (bicyclic) bond motifs is 1. The summed E-state index contributed by atoms with van der Waals surface area (Å²) in [5, 5.41) is 9.67. The summed E-state index contributed by atoms with van der Waals surface area (Å²) >= 11 is 5.83. The van der Waals surface area contributed by atoms with Gasteiger partial charge >= 0.3 is 5.97 Å². The molecule has 0 radical (unpaired) electrons. The van der Waals surface area contributed by atoms with Gasteiger partial charge in [-0.2, -0.15) is 8.78 Å². The van der Waals surface area contributed by atoms with Crippen molar-refractivity contribution in [2.75, 3.05) is 19.7 Å². The smallest absolute Gasteiger partial charge is 0.354 e. The maximum absolute atomic E-state index is 15.7. The van der Waals surface area contributed by atoms with Crippen LogP contribution in [-0.2, 0) is 30.2 Å². The minimum Gasteiger partial charge on any atom is -0.477 e. The lowest BCUT2D eigenvalue weighted by molar-refractivity contribution is -0.0899. The molecule has 12 heteroatoms. The lowest BCUT2D eigenvalue weighted by atomic mass is 9.88. The molecule has 0 bridgehead atoms. The molecule has 5 heterocycles. The third-order valence-corrected chi connectivity index (χ3v) is 8.31. The molecule has 0 unspecified atom stereocenters. The van der Waals surface area contributed by atoms with E-state index >= 15 is 8.78 Å². The fourth-order valence-electron chi connectivity index (χ4n) is 5.60.